The first-order chi connectivity index (χ1) is 7.65. The van der Waals surface area contributed by atoms with E-state index < -0.39 is 0 Å². The van der Waals surface area contributed by atoms with Gasteiger partial charge in [0, 0.05) is 33.1 Å². The van der Waals surface area contributed by atoms with Crippen molar-refractivity contribution in [1.29, 1.82) is 0 Å². The SMILES string of the molecule is CC(=O)N1CCN(Cc2nc(C)no2)CC1. The maximum atomic E-state index is 11.1. The fourth-order valence-corrected chi connectivity index (χ4v) is 1.82. The zero-order valence-electron chi connectivity index (χ0n) is 9.64. The summed E-state index contributed by atoms with van der Waals surface area (Å²) >= 11 is 0. The molecule has 6 heteroatoms. The smallest absolute Gasteiger partial charge is 0.240 e. The van der Waals surface area contributed by atoms with Gasteiger partial charge in [0.15, 0.2) is 5.82 Å². The Balaban J connectivity index is 1.83. The standard InChI is InChI=1S/C10H16N4O2/c1-8-11-10(16-12-8)7-13-3-5-14(6-4-13)9(2)15/h3-7H2,1-2H3. The Labute approximate surface area is 94.2 Å². The van der Waals surface area contributed by atoms with Crippen molar-refractivity contribution in [3.05, 3.63) is 11.7 Å². The van der Waals surface area contributed by atoms with E-state index in [1.807, 2.05) is 4.90 Å². The van der Waals surface area contributed by atoms with Crippen molar-refractivity contribution in [2.45, 2.75) is 20.4 Å². The fraction of sp³-hybridized carbons (Fsp3) is 0.700. The number of rotatable bonds is 2. The zero-order chi connectivity index (χ0) is 11.5. The van der Waals surface area contributed by atoms with Crippen molar-refractivity contribution in [2.24, 2.45) is 0 Å². The second-order valence-electron chi connectivity index (χ2n) is 4.02. The van der Waals surface area contributed by atoms with Gasteiger partial charge in [-0.2, -0.15) is 4.98 Å². The molecule has 0 bridgehead atoms. The van der Waals surface area contributed by atoms with Crippen LogP contribution in [0.15, 0.2) is 4.52 Å². The number of aromatic nitrogens is 2. The van der Waals surface area contributed by atoms with Gasteiger partial charge in [0.2, 0.25) is 11.8 Å². The second-order valence-corrected chi connectivity index (χ2v) is 4.02. The molecule has 0 atom stereocenters. The topological polar surface area (TPSA) is 62.5 Å². The van der Waals surface area contributed by atoms with Crippen molar-refractivity contribution < 1.29 is 9.32 Å². The Morgan fingerprint density at radius 2 is 2.06 bits per heavy atom. The van der Waals surface area contributed by atoms with E-state index >= 15 is 0 Å². The van der Waals surface area contributed by atoms with Gasteiger partial charge in [-0.25, -0.2) is 0 Å². The van der Waals surface area contributed by atoms with Crippen LogP contribution in [-0.2, 0) is 11.3 Å². The van der Waals surface area contributed by atoms with Crippen LogP contribution in [-0.4, -0.2) is 52.0 Å². The molecule has 2 rings (SSSR count). The van der Waals surface area contributed by atoms with Crippen LogP contribution in [0.2, 0.25) is 0 Å². The molecule has 0 unspecified atom stereocenters. The molecule has 1 aromatic heterocycles. The number of nitrogens with zero attached hydrogens (tertiary/aromatic N) is 4. The van der Waals surface area contributed by atoms with Crippen molar-refractivity contribution >= 4 is 5.91 Å². The summed E-state index contributed by atoms with van der Waals surface area (Å²) in [5.41, 5.74) is 0. The molecule has 2 heterocycles. The fourth-order valence-electron chi connectivity index (χ4n) is 1.82. The van der Waals surface area contributed by atoms with Gasteiger partial charge in [-0.15, -0.1) is 0 Å². The number of carbonyl (C=O) groups excluding carboxylic acids is 1. The van der Waals surface area contributed by atoms with Crippen molar-refractivity contribution in [3.63, 3.8) is 0 Å². The van der Waals surface area contributed by atoms with Crippen LogP contribution in [0.4, 0.5) is 0 Å². The minimum Gasteiger partial charge on any atom is -0.340 e. The quantitative estimate of drug-likeness (QED) is 0.710. The van der Waals surface area contributed by atoms with E-state index in [0.29, 0.717) is 18.3 Å². The highest BCUT2D eigenvalue weighted by Crippen LogP contribution is 2.07. The third-order valence-electron chi connectivity index (χ3n) is 2.75. The molecule has 0 radical (unpaired) electrons. The summed E-state index contributed by atoms with van der Waals surface area (Å²) in [7, 11) is 0. The molecule has 1 fully saturated rings. The van der Waals surface area contributed by atoms with Gasteiger partial charge < -0.3 is 9.42 Å². The number of amides is 1. The van der Waals surface area contributed by atoms with Crippen LogP contribution in [0.25, 0.3) is 0 Å². The minimum absolute atomic E-state index is 0.147. The summed E-state index contributed by atoms with van der Waals surface area (Å²) in [5, 5.41) is 3.75. The van der Waals surface area contributed by atoms with E-state index in [-0.39, 0.29) is 5.91 Å². The highest BCUT2D eigenvalue weighted by atomic mass is 16.5. The van der Waals surface area contributed by atoms with E-state index in [2.05, 4.69) is 15.0 Å². The lowest BCUT2D eigenvalue weighted by atomic mass is 10.3. The number of aryl methyl sites for hydroxylation is 1. The molecule has 1 aromatic rings. The Kier molecular flexibility index (Phi) is 3.19. The molecule has 0 aromatic carbocycles. The van der Waals surface area contributed by atoms with Gasteiger partial charge in [-0.05, 0) is 6.92 Å². The highest BCUT2D eigenvalue weighted by Gasteiger charge is 2.19. The maximum absolute atomic E-state index is 11.1. The molecule has 1 amide bonds. The van der Waals surface area contributed by atoms with Crippen LogP contribution in [0, 0.1) is 6.92 Å². The number of hydrogen-bond donors (Lipinski definition) is 0. The lowest BCUT2D eigenvalue weighted by Crippen LogP contribution is -2.47. The molecule has 1 saturated heterocycles. The summed E-state index contributed by atoms with van der Waals surface area (Å²) in [6.45, 7) is 7.37. The highest BCUT2D eigenvalue weighted by molar-refractivity contribution is 5.73. The summed E-state index contributed by atoms with van der Waals surface area (Å²) in [4.78, 5) is 19.4. The first-order valence-electron chi connectivity index (χ1n) is 5.42. The van der Waals surface area contributed by atoms with Crippen LogP contribution in [0.1, 0.15) is 18.6 Å². The first-order valence-corrected chi connectivity index (χ1v) is 5.42. The van der Waals surface area contributed by atoms with Gasteiger partial charge in [0.1, 0.15) is 0 Å². The molecule has 0 saturated carbocycles. The summed E-state index contributed by atoms with van der Waals surface area (Å²) in [6, 6.07) is 0. The predicted octanol–water partition coefficient (Wildman–Crippen LogP) is 0.0421. The van der Waals surface area contributed by atoms with Gasteiger partial charge in [-0.1, -0.05) is 5.16 Å². The molecule has 0 N–H and O–H groups in total. The number of hydrogen-bond acceptors (Lipinski definition) is 5. The third kappa shape index (κ3) is 2.57. The summed E-state index contributed by atoms with van der Waals surface area (Å²) in [6.07, 6.45) is 0. The van der Waals surface area contributed by atoms with E-state index in [1.165, 1.54) is 0 Å². The molecule has 6 nitrogen and oxygen atoms in total. The summed E-state index contributed by atoms with van der Waals surface area (Å²) < 4.78 is 5.06. The molecule has 1 aliphatic heterocycles. The lowest BCUT2D eigenvalue weighted by Gasteiger charge is -2.33. The minimum atomic E-state index is 0.147. The number of piperazine rings is 1. The average molecular weight is 224 g/mol. The van der Waals surface area contributed by atoms with E-state index in [0.717, 1.165) is 26.2 Å². The van der Waals surface area contributed by atoms with Crippen molar-refractivity contribution in [1.82, 2.24) is 19.9 Å². The number of carbonyl (C=O) groups is 1. The molecule has 1 aliphatic rings. The first kappa shape index (κ1) is 11.1. The Morgan fingerprint density at radius 1 is 1.38 bits per heavy atom. The largest absolute Gasteiger partial charge is 0.340 e. The van der Waals surface area contributed by atoms with Crippen LogP contribution in [0.3, 0.4) is 0 Å². The Hall–Kier alpha value is -1.43. The normalized spacial score (nSPS) is 17.8. The van der Waals surface area contributed by atoms with Crippen LogP contribution < -0.4 is 0 Å². The van der Waals surface area contributed by atoms with Crippen LogP contribution >= 0.6 is 0 Å². The van der Waals surface area contributed by atoms with Gasteiger partial charge in [-0.3, -0.25) is 9.69 Å². The van der Waals surface area contributed by atoms with Gasteiger partial charge in [0.25, 0.3) is 0 Å². The second kappa shape index (κ2) is 4.61. The third-order valence-corrected chi connectivity index (χ3v) is 2.75. The maximum Gasteiger partial charge on any atom is 0.240 e. The van der Waals surface area contributed by atoms with Crippen molar-refractivity contribution in [3.8, 4) is 0 Å². The molecular weight excluding hydrogens is 208 g/mol. The van der Waals surface area contributed by atoms with Gasteiger partial charge in [0.05, 0.1) is 6.54 Å². The zero-order valence-corrected chi connectivity index (χ0v) is 9.64. The van der Waals surface area contributed by atoms with E-state index in [1.54, 1.807) is 13.8 Å². The molecule has 16 heavy (non-hydrogen) atoms. The van der Waals surface area contributed by atoms with Crippen LogP contribution in [0.5, 0.6) is 0 Å². The van der Waals surface area contributed by atoms with Gasteiger partial charge >= 0.3 is 0 Å². The molecule has 0 aliphatic carbocycles. The Morgan fingerprint density at radius 3 is 2.56 bits per heavy atom. The monoisotopic (exact) mass is 224 g/mol. The molecule has 0 spiro atoms. The Bertz CT molecular complexity index is 369. The molecule has 88 valence electrons. The lowest BCUT2D eigenvalue weighted by molar-refractivity contribution is -0.130. The average Bonchev–Trinajstić information content (AvgIpc) is 2.65. The van der Waals surface area contributed by atoms with E-state index in [4.69, 9.17) is 4.52 Å². The molecular formula is C10H16N4O2. The predicted molar refractivity (Wildman–Crippen MR) is 56.6 cm³/mol. The van der Waals surface area contributed by atoms with Crippen molar-refractivity contribution in [2.75, 3.05) is 26.2 Å². The van der Waals surface area contributed by atoms with E-state index in [9.17, 15) is 4.79 Å². The summed E-state index contributed by atoms with van der Waals surface area (Å²) in [5.74, 6) is 1.46.